The summed E-state index contributed by atoms with van der Waals surface area (Å²) in [7, 11) is 1.57. The van der Waals surface area contributed by atoms with Gasteiger partial charge in [-0.2, -0.15) is 0 Å². The van der Waals surface area contributed by atoms with Crippen LogP contribution in [-0.4, -0.2) is 35.7 Å². The summed E-state index contributed by atoms with van der Waals surface area (Å²) < 4.78 is 5.08. The van der Waals surface area contributed by atoms with Crippen molar-refractivity contribution in [3.63, 3.8) is 0 Å². The second-order valence-electron chi connectivity index (χ2n) is 6.12. The van der Waals surface area contributed by atoms with Gasteiger partial charge in [0.25, 0.3) is 11.8 Å². The van der Waals surface area contributed by atoms with Gasteiger partial charge in [-0.3, -0.25) is 9.59 Å². The molecule has 1 aromatic heterocycles. The summed E-state index contributed by atoms with van der Waals surface area (Å²) in [5.74, 6) is 0.0941. The summed E-state index contributed by atoms with van der Waals surface area (Å²) in [5.41, 5.74) is 1.74. The third kappa shape index (κ3) is 4.92. The SMILES string of the molecule is COc1ccc(NC(=O)c2nnc(C(=O)NC[C@H](C)c3ccccc3)s2)cc1. The van der Waals surface area contributed by atoms with Gasteiger partial charge in [0.2, 0.25) is 10.0 Å². The highest BCUT2D eigenvalue weighted by molar-refractivity contribution is 7.15. The van der Waals surface area contributed by atoms with E-state index in [2.05, 4.69) is 20.8 Å². The monoisotopic (exact) mass is 396 g/mol. The molecule has 0 radical (unpaired) electrons. The van der Waals surface area contributed by atoms with Crippen molar-refractivity contribution in [2.45, 2.75) is 12.8 Å². The number of carbonyl (C=O) groups excluding carboxylic acids is 2. The van der Waals surface area contributed by atoms with Crippen LogP contribution >= 0.6 is 11.3 Å². The Kier molecular flexibility index (Phi) is 6.33. The zero-order valence-electron chi connectivity index (χ0n) is 15.5. The van der Waals surface area contributed by atoms with Crippen molar-refractivity contribution in [2.75, 3.05) is 19.0 Å². The van der Waals surface area contributed by atoms with Crippen molar-refractivity contribution in [3.8, 4) is 5.75 Å². The largest absolute Gasteiger partial charge is 0.497 e. The maximum atomic E-state index is 12.3. The average Bonchev–Trinajstić information content (AvgIpc) is 3.23. The van der Waals surface area contributed by atoms with Crippen LogP contribution in [0.1, 0.15) is 38.0 Å². The lowest BCUT2D eigenvalue weighted by Crippen LogP contribution is -2.27. The molecule has 0 aliphatic heterocycles. The Morgan fingerprint density at radius 3 is 2.29 bits per heavy atom. The zero-order valence-corrected chi connectivity index (χ0v) is 16.3. The summed E-state index contributed by atoms with van der Waals surface area (Å²) in [6.45, 7) is 2.50. The standard InChI is InChI=1S/C20H20N4O3S/c1-13(14-6-4-3-5-7-14)12-21-17(25)19-23-24-20(28-19)18(26)22-15-8-10-16(27-2)11-9-15/h3-11,13H,12H2,1-2H3,(H,21,25)(H,22,26)/t13-/m0/s1. The van der Waals surface area contributed by atoms with Crippen LogP contribution in [0.5, 0.6) is 5.75 Å². The van der Waals surface area contributed by atoms with E-state index in [9.17, 15) is 9.59 Å². The average molecular weight is 396 g/mol. The fourth-order valence-corrected chi connectivity index (χ4v) is 3.14. The van der Waals surface area contributed by atoms with Crippen molar-refractivity contribution in [3.05, 3.63) is 70.2 Å². The molecule has 28 heavy (non-hydrogen) atoms. The van der Waals surface area contributed by atoms with Gasteiger partial charge in [-0.1, -0.05) is 48.6 Å². The summed E-state index contributed by atoms with van der Waals surface area (Å²) in [6.07, 6.45) is 0. The molecule has 0 unspecified atom stereocenters. The van der Waals surface area contributed by atoms with Crippen LogP contribution in [0.25, 0.3) is 0 Å². The van der Waals surface area contributed by atoms with E-state index in [1.807, 2.05) is 37.3 Å². The van der Waals surface area contributed by atoms with Gasteiger partial charge in [-0.05, 0) is 35.7 Å². The van der Waals surface area contributed by atoms with Gasteiger partial charge in [0.1, 0.15) is 5.75 Å². The van der Waals surface area contributed by atoms with E-state index in [-0.39, 0.29) is 21.8 Å². The Morgan fingerprint density at radius 2 is 1.64 bits per heavy atom. The Hall–Kier alpha value is -3.26. The third-order valence-electron chi connectivity index (χ3n) is 4.10. The van der Waals surface area contributed by atoms with Gasteiger partial charge < -0.3 is 15.4 Å². The lowest BCUT2D eigenvalue weighted by molar-refractivity contribution is 0.0949. The van der Waals surface area contributed by atoms with Gasteiger partial charge in [-0.25, -0.2) is 0 Å². The summed E-state index contributed by atoms with van der Waals surface area (Å²) in [6, 6.07) is 16.8. The molecule has 2 N–H and O–H groups in total. The minimum atomic E-state index is -0.417. The molecule has 8 heteroatoms. The van der Waals surface area contributed by atoms with E-state index in [1.54, 1.807) is 31.4 Å². The number of hydrogen-bond acceptors (Lipinski definition) is 6. The smallest absolute Gasteiger partial charge is 0.286 e. The number of amides is 2. The quantitative estimate of drug-likeness (QED) is 0.639. The van der Waals surface area contributed by atoms with Crippen molar-refractivity contribution >= 4 is 28.8 Å². The molecule has 0 spiro atoms. The normalized spacial score (nSPS) is 11.5. The molecule has 1 heterocycles. The van der Waals surface area contributed by atoms with Crippen LogP contribution in [0, 0.1) is 0 Å². The highest BCUT2D eigenvalue weighted by Gasteiger charge is 2.18. The van der Waals surface area contributed by atoms with E-state index < -0.39 is 5.91 Å². The molecular formula is C20H20N4O3S. The Morgan fingerprint density at radius 1 is 1.00 bits per heavy atom. The number of ether oxygens (including phenoxy) is 1. The molecule has 2 aromatic carbocycles. The number of rotatable bonds is 7. The first kappa shape index (κ1) is 19.5. The van der Waals surface area contributed by atoms with Crippen LogP contribution in [0.2, 0.25) is 0 Å². The van der Waals surface area contributed by atoms with Gasteiger partial charge in [0, 0.05) is 12.2 Å². The number of carbonyl (C=O) groups is 2. The maximum Gasteiger partial charge on any atom is 0.286 e. The third-order valence-corrected chi connectivity index (χ3v) is 5.02. The number of nitrogens with zero attached hydrogens (tertiary/aromatic N) is 2. The molecule has 3 rings (SSSR count). The van der Waals surface area contributed by atoms with Crippen LogP contribution in [0.4, 0.5) is 5.69 Å². The number of hydrogen-bond donors (Lipinski definition) is 2. The van der Waals surface area contributed by atoms with Crippen LogP contribution in [0.15, 0.2) is 54.6 Å². The molecule has 3 aromatic rings. The van der Waals surface area contributed by atoms with E-state index in [4.69, 9.17) is 4.74 Å². The van der Waals surface area contributed by atoms with Crippen LogP contribution in [0.3, 0.4) is 0 Å². The van der Waals surface area contributed by atoms with Crippen molar-refractivity contribution in [2.24, 2.45) is 0 Å². The Balaban J connectivity index is 1.56. The Bertz CT molecular complexity index is 942. The van der Waals surface area contributed by atoms with Gasteiger partial charge in [0.15, 0.2) is 0 Å². The fourth-order valence-electron chi connectivity index (χ4n) is 2.49. The van der Waals surface area contributed by atoms with Gasteiger partial charge >= 0.3 is 0 Å². The topological polar surface area (TPSA) is 93.2 Å². The number of nitrogens with one attached hydrogen (secondary N) is 2. The number of benzene rings is 2. The minimum Gasteiger partial charge on any atom is -0.497 e. The molecule has 0 saturated carbocycles. The molecular weight excluding hydrogens is 376 g/mol. The van der Waals surface area contributed by atoms with Crippen LogP contribution < -0.4 is 15.4 Å². The Labute approximate surface area is 166 Å². The minimum absolute atomic E-state index is 0.122. The molecule has 0 bridgehead atoms. The number of methoxy groups -OCH3 is 1. The predicted octanol–water partition coefficient (Wildman–Crippen LogP) is 3.33. The van der Waals surface area contributed by atoms with Gasteiger partial charge in [-0.15, -0.1) is 10.2 Å². The van der Waals surface area contributed by atoms with Crippen molar-refractivity contribution in [1.29, 1.82) is 0 Å². The predicted molar refractivity (Wildman–Crippen MR) is 108 cm³/mol. The van der Waals surface area contributed by atoms with Crippen molar-refractivity contribution in [1.82, 2.24) is 15.5 Å². The van der Waals surface area contributed by atoms with Crippen molar-refractivity contribution < 1.29 is 14.3 Å². The molecule has 7 nitrogen and oxygen atoms in total. The zero-order chi connectivity index (χ0) is 19.9. The second-order valence-corrected chi connectivity index (χ2v) is 7.09. The molecule has 0 fully saturated rings. The molecule has 1 atom stereocenters. The highest BCUT2D eigenvalue weighted by atomic mass is 32.1. The van der Waals surface area contributed by atoms with Crippen LogP contribution in [-0.2, 0) is 0 Å². The number of aromatic nitrogens is 2. The lowest BCUT2D eigenvalue weighted by Gasteiger charge is -2.11. The first-order valence-corrected chi connectivity index (χ1v) is 9.50. The summed E-state index contributed by atoms with van der Waals surface area (Å²) in [4.78, 5) is 24.6. The highest BCUT2D eigenvalue weighted by Crippen LogP contribution is 2.18. The fraction of sp³-hybridized carbons (Fsp3) is 0.200. The maximum absolute atomic E-state index is 12.3. The first-order chi connectivity index (χ1) is 13.6. The van der Waals surface area contributed by atoms with E-state index in [0.29, 0.717) is 18.0 Å². The molecule has 2 amide bonds. The summed E-state index contributed by atoms with van der Waals surface area (Å²) in [5, 5.41) is 13.5. The summed E-state index contributed by atoms with van der Waals surface area (Å²) >= 11 is 0.952. The van der Waals surface area contributed by atoms with E-state index in [1.165, 1.54) is 0 Å². The number of anilines is 1. The second kappa shape index (κ2) is 9.09. The van der Waals surface area contributed by atoms with E-state index >= 15 is 0 Å². The van der Waals surface area contributed by atoms with E-state index in [0.717, 1.165) is 16.9 Å². The molecule has 0 saturated heterocycles. The molecule has 0 aliphatic rings. The lowest BCUT2D eigenvalue weighted by atomic mass is 10.0. The van der Waals surface area contributed by atoms with Gasteiger partial charge in [0.05, 0.1) is 7.11 Å². The molecule has 144 valence electrons. The first-order valence-electron chi connectivity index (χ1n) is 8.69. The molecule has 0 aliphatic carbocycles.